The highest BCUT2D eigenvalue weighted by Gasteiger charge is 2.10. The van der Waals surface area contributed by atoms with Crippen molar-refractivity contribution in [1.29, 1.82) is 0 Å². The second kappa shape index (κ2) is 6.24. The molecule has 0 saturated heterocycles. The molecule has 0 radical (unpaired) electrons. The van der Waals surface area contributed by atoms with E-state index >= 15 is 0 Å². The molecule has 0 unspecified atom stereocenters. The highest BCUT2D eigenvalue weighted by Crippen LogP contribution is 2.08. The molecule has 0 aromatic heterocycles. The van der Waals surface area contributed by atoms with Gasteiger partial charge in [-0.05, 0) is 33.8 Å². The summed E-state index contributed by atoms with van der Waals surface area (Å²) in [5.41, 5.74) is -0.0498. The smallest absolute Gasteiger partial charge is 0.331 e. The fourth-order valence-corrected chi connectivity index (χ4v) is 0.715. The molecular formula is C11H18O4. The summed E-state index contributed by atoms with van der Waals surface area (Å²) in [5.74, 6) is -0.918. The molecule has 0 saturated carbocycles. The van der Waals surface area contributed by atoms with Crippen molar-refractivity contribution in [2.75, 3.05) is 0 Å². The zero-order valence-electron chi connectivity index (χ0n) is 9.61. The highest BCUT2D eigenvalue weighted by molar-refractivity contribution is 5.86. The van der Waals surface area contributed by atoms with Crippen LogP contribution in [0, 0.1) is 0 Å². The Morgan fingerprint density at radius 1 is 1.40 bits per heavy atom. The average Bonchev–Trinajstić information content (AvgIpc) is 2.08. The van der Waals surface area contributed by atoms with Crippen molar-refractivity contribution in [3.63, 3.8) is 0 Å². The SMILES string of the molecule is CC=C(CC=COOC(C)(C)C)C(=O)O. The average molecular weight is 214 g/mol. The third-order valence-electron chi connectivity index (χ3n) is 1.41. The van der Waals surface area contributed by atoms with Crippen LogP contribution in [-0.4, -0.2) is 16.7 Å². The number of carbonyl (C=O) groups is 1. The standard InChI is InChI=1S/C11H18O4/c1-5-9(10(12)13)7-6-8-14-15-11(2,3)4/h5-6,8H,7H2,1-4H3,(H,12,13). The number of rotatable bonds is 5. The first-order chi connectivity index (χ1) is 6.87. The molecule has 0 aliphatic carbocycles. The third kappa shape index (κ3) is 7.76. The van der Waals surface area contributed by atoms with Gasteiger partial charge in [-0.25, -0.2) is 4.79 Å². The first-order valence-electron chi connectivity index (χ1n) is 4.75. The van der Waals surface area contributed by atoms with Gasteiger partial charge in [-0.1, -0.05) is 6.08 Å². The van der Waals surface area contributed by atoms with Crippen molar-refractivity contribution in [1.82, 2.24) is 0 Å². The van der Waals surface area contributed by atoms with Gasteiger partial charge < -0.3 is 9.99 Å². The largest absolute Gasteiger partial charge is 0.478 e. The molecule has 4 heteroatoms. The van der Waals surface area contributed by atoms with E-state index in [9.17, 15) is 4.79 Å². The Kier molecular flexibility index (Phi) is 5.70. The van der Waals surface area contributed by atoms with E-state index in [2.05, 4.69) is 0 Å². The molecule has 4 nitrogen and oxygen atoms in total. The van der Waals surface area contributed by atoms with Crippen LogP contribution in [0.3, 0.4) is 0 Å². The molecule has 0 atom stereocenters. The molecule has 1 N–H and O–H groups in total. The molecule has 0 fully saturated rings. The summed E-state index contributed by atoms with van der Waals surface area (Å²) in [6, 6.07) is 0. The predicted molar refractivity (Wildman–Crippen MR) is 57.1 cm³/mol. The molecule has 0 amide bonds. The minimum atomic E-state index is -0.918. The summed E-state index contributed by atoms with van der Waals surface area (Å²) in [4.78, 5) is 20.3. The lowest BCUT2D eigenvalue weighted by Crippen LogP contribution is -2.17. The van der Waals surface area contributed by atoms with E-state index < -0.39 is 5.97 Å². The molecule has 0 aliphatic rings. The van der Waals surface area contributed by atoms with Crippen molar-refractivity contribution in [2.45, 2.75) is 39.7 Å². The fourth-order valence-electron chi connectivity index (χ4n) is 0.715. The van der Waals surface area contributed by atoms with Gasteiger partial charge >= 0.3 is 5.97 Å². The Morgan fingerprint density at radius 3 is 2.40 bits per heavy atom. The molecule has 0 aromatic rings. The van der Waals surface area contributed by atoms with Gasteiger partial charge in [0.15, 0.2) is 0 Å². The molecule has 0 spiro atoms. The zero-order valence-corrected chi connectivity index (χ0v) is 9.61. The van der Waals surface area contributed by atoms with Gasteiger partial charge in [0.25, 0.3) is 0 Å². The third-order valence-corrected chi connectivity index (χ3v) is 1.41. The summed E-state index contributed by atoms with van der Waals surface area (Å²) in [5, 5.41) is 8.68. The Hall–Kier alpha value is -1.29. The number of carboxylic acid groups (broad SMARTS) is 1. The van der Waals surface area contributed by atoms with Gasteiger partial charge in [-0.2, -0.15) is 4.89 Å². The van der Waals surface area contributed by atoms with E-state index in [4.69, 9.17) is 14.9 Å². The van der Waals surface area contributed by atoms with E-state index in [1.807, 2.05) is 20.8 Å². The second-order valence-electron chi connectivity index (χ2n) is 3.99. The van der Waals surface area contributed by atoms with Crippen LogP contribution in [0.2, 0.25) is 0 Å². The van der Waals surface area contributed by atoms with Crippen LogP contribution in [0.4, 0.5) is 0 Å². The van der Waals surface area contributed by atoms with Crippen LogP contribution in [-0.2, 0) is 14.6 Å². The minimum Gasteiger partial charge on any atom is -0.478 e. The molecule has 86 valence electrons. The topological polar surface area (TPSA) is 55.8 Å². The van der Waals surface area contributed by atoms with Gasteiger partial charge in [0, 0.05) is 12.0 Å². The highest BCUT2D eigenvalue weighted by atomic mass is 17.2. The van der Waals surface area contributed by atoms with Crippen molar-refractivity contribution < 1.29 is 19.7 Å². The maximum absolute atomic E-state index is 10.6. The van der Waals surface area contributed by atoms with Crippen LogP contribution in [0.1, 0.15) is 34.1 Å². The first kappa shape index (κ1) is 13.7. The number of hydrogen-bond acceptors (Lipinski definition) is 3. The van der Waals surface area contributed by atoms with Gasteiger partial charge in [-0.3, -0.25) is 0 Å². The Morgan fingerprint density at radius 2 is 2.00 bits per heavy atom. The molecule has 0 bridgehead atoms. The summed E-state index contributed by atoms with van der Waals surface area (Å²) in [7, 11) is 0. The lowest BCUT2D eigenvalue weighted by molar-refractivity contribution is -0.310. The molecule has 0 aromatic carbocycles. The number of hydrogen-bond donors (Lipinski definition) is 1. The van der Waals surface area contributed by atoms with Gasteiger partial charge in [0.2, 0.25) is 0 Å². The van der Waals surface area contributed by atoms with Crippen molar-refractivity contribution >= 4 is 5.97 Å². The summed E-state index contributed by atoms with van der Waals surface area (Å²) < 4.78 is 0. The Labute approximate surface area is 90.1 Å². The van der Waals surface area contributed by atoms with E-state index in [0.29, 0.717) is 12.0 Å². The molecule has 0 heterocycles. The molecule has 15 heavy (non-hydrogen) atoms. The number of aliphatic carboxylic acids is 1. The van der Waals surface area contributed by atoms with Crippen LogP contribution >= 0.6 is 0 Å². The maximum Gasteiger partial charge on any atom is 0.331 e. The van der Waals surface area contributed by atoms with Gasteiger partial charge in [-0.15, -0.1) is 0 Å². The maximum atomic E-state index is 10.6. The normalized spacial score (nSPS) is 13.2. The van der Waals surface area contributed by atoms with Gasteiger partial charge in [0.1, 0.15) is 11.9 Å². The summed E-state index contributed by atoms with van der Waals surface area (Å²) in [6.45, 7) is 7.25. The number of carboxylic acids is 1. The van der Waals surface area contributed by atoms with Gasteiger partial charge in [0.05, 0.1) is 0 Å². The van der Waals surface area contributed by atoms with Crippen molar-refractivity contribution in [2.24, 2.45) is 0 Å². The number of allylic oxidation sites excluding steroid dienone is 2. The zero-order chi connectivity index (χ0) is 11.9. The lowest BCUT2D eigenvalue weighted by atomic mass is 10.2. The van der Waals surface area contributed by atoms with E-state index in [0.717, 1.165) is 0 Å². The Bertz CT molecular complexity index is 258. The monoisotopic (exact) mass is 214 g/mol. The lowest BCUT2D eigenvalue weighted by Gasteiger charge is -2.15. The van der Waals surface area contributed by atoms with Crippen LogP contribution in [0.25, 0.3) is 0 Å². The predicted octanol–water partition coefficient (Wildman–Crippen LogP) is 2.67. The summed E-state index contributed by atoms with van der Waals surface area (Å²) >= 11 is 0. The summed E-state index contributed by atoms with van der Waals surface area (Å²) in [6.07, 6.45) is 4.81. The quantitative estimate of drug-likeness (QED) is 0.331. The minimum absolute atomic E-state index is 0.319. The van der Waals surface area contributed by atoms with E-state index in [1.165, 1.54) is 6.26 Å². The second-order valence-corrected chi connectivity index (χ2v) is 3.99. The van der Waals surface area contributed by atoms with Crippen molar-refractivity contribution in [3.8, 4) is 0 Å². The van der Waals surface area contributed by atoms with Crippen LogP contribution in [0.15, 0.2) is 24.0 Å². The van der Waals surface area contributed by atoms with E-state index in [1.54, 1.807) is 19.1 Å². The fraction of sp³-hybridized carbons (Fsp3) is 0.545. The molecule has 0 aliphatic heterocycles. The van der Waals surface area contributed by atoms with E-state index in [-0.39, 0.29) is 5.60 Å². The first-order valence-corrected chi connectivity index (χ1v) is 4.75. The van der Waals surface area contributed by atoms with Crippen LogP contribution < -0.4 is 0 Å². The van der Waals surface area contributed by atoms with Crippen LogP contribution in [0.5, 0.6) is 0 Å². The molecular weight excluding hydrogens is 196 g/mol. The molecule has 0 rings (SSSR count). The Balaban J connectivity index is 3.86. The van der Waals surface area contributed by atoms with Crippen molar-refractivity contribution in [3.05, 3.63) is 24.0 Å².